The number of alkyl halides is 5. The Morgan fingerprint density at radius 2 is 1.65 bits per heavy atom. The highest BCUT2D eigenvalue weighted by Crippen LogP contribution is 2.40. The molecule has 14 heteroatoms. The normalized spacial score (nSPS) is 23.3. The monoisotopic (exact) mass is 588 g/mol. The second kappa shape index (κ2) is 11.4. The molecule has 1 aromatic carbocycles. The number of nitrogens with one attached hydrogen (secondary N) is 3. The molecule has 3 N–H and O–H groups in total. The molecular weight excluding hydrogens is 555 g/mol. The topological polar surface area (TPSA) is 99.3 Å². The summed E-state index contributed by atoms with van der Waals surface area (Å²) in [6.45, 7) is 2.30. The van der Waals surface area contributed by atoms with E-state index >= 15 is 0 Å². The molecule has 1 atom stereocenters. The standard InChI is InChI=1S/C26H33F5N6O2S/c27-25(28)11-1-2-22(25)35-23-21(26(29,30)31)16-33-24(36-23)34-19-9-14-37(15-10-19)40(38,39)20-5-3-17(4-6-20)18-7-12-32-13-8-18/h3-6,16,18-19,22,32H,1-2,7-15H2,(H2,33,34,35,36). The molecule has 2 saturated heterocycles. The van der Waals surface area contributed by atoms with Gasteiger partial charge in [0, 0.05) is 31.7 Å². The first kappa shape index (κ1) is 28.9. The summed E-state index contributed by atoms with van der Waals surface area (Å²) in [5.41, 5.74) is -0.0850. The van der Waals surface area contributed by atoms with E-state index in [-0.39, 0.29) is 42.8 Å². The molecule has 0 radical (unpaired) electrons. The Bertz CT molecular complexity index is 1280. The third-order valence-electron chi connectivity index (χ3n) is 8.03. The highest BCUT2D eigenvalue weighted by molar-refractivity contribution is 7.89. The van der Waals surface area contributed by atoms with Crippen LogP contribution in [0.5, 0.6) is 0 Å². The summed E-state index contributed by atoms with van der Waals surface area (Å²) < 4.78 is 96.6. The molecular formula is C26H33F5N6O2S. The summed E-state index contributed by atoms with van der Waals surface area (Å²) in [6, 6.07) is 5.31. The van der Waals surface area contributed by atoms with Crippen LogP contribution in [0.15, 0.2) is 35.4 Å². The highest BCUT2D eigenvalue weighted by Gasteiger charge is 2.45. The van der Waals surface area contributed by atoms with E-state index in [1.807, 2.05) is 12.1 Å². The van der Waals surface area contributed by atoms with Gasteiger partial charge in [-0.05, 0) is 75.2 Å². The maximum Gasteiger partial charge on any atom is 0.421 e. The van der Waals surface area contributed by atoms with Crippen molar-refractivity contribution in [1.29, 1.82) is 0 Å². The van der Waals surface area contributed by atoms with Gasteiger partial charge in [0.05, 0.1) is 10.9 Å². The lowest BCUT2D eigenvalue weighted by Crippen LogP contribution is -2.42. The summed E-state index contributed by atoms with van der Waals surface area (Å²) in [7, 11) is -3.70. The maximum atomic E-state index is 14.1. The second-order valence-corrected chi connectivity index (χ2v) is 12.7. The van der Waals surface area contributed by atoms with Crippen LogP contribution in [0.3, 0.4) is 0 Å². The van der Waals surface area contributed by atoms with Gasteiger partial charge in [0.15, 0.2) is 0 Å². The number of benzene rings is 1. The molecule has 3 fully saturated rings. The number of aromatic nitrogens is 2. The lowest BCUT2D eigenvalue weighted by Gasteiger charge is -2.32. The van der Waals surface area contributed by atoms with E-state index in [0.717, 1.165) is 31.5 Å². The van der Waals surface area contributed by atoms with Crippen molar-refractivity contribution in [1.82, 2.24) is 19.6 Å². The Morgan fingerprint density at radius 3 is 2.25 bits per heavy atom. The number of hydrogen-bond donors (Lipinski definition) is 3. The third-order valence-corrected chi connectivity index (χ3v) is 9.95. The first-order chi connectivity index (χ1) is 18.9. The van der Waals surface area contributed by atoms with Crippen LogP contribution in [-0.2, 0) is 16.2 Å². The summed E-state index contributed by atoms with van der Waals surface area (Å²) in [4.78, 5) is 7.89. The molecule has 1 aromatic heterocycles. The Balaban J connectivity index is 1.22. The van der Waals surface area contributed by atoms with Crippen LogP contribution in [0, 0.1) is 0 Å². The van der Waals surface area contributed by atoms with E-state index in [0.29, 0.717) is 25.0 Å². The highest BCUT2D eigenvalue weighted by atomic mass is 32.2. The minimum atomic E-state index is -4.82. The van der Waals surface area contributed by atoms with Gasteiger partial charge in [-0.1, -0.05) is 12.1 Å². The van der Waals surface area contributed by atoms with Gasteiger partial charge < -0.3 is 16.0 Å². The summed E-state index contributed by atoms with van der Waals surface area (Å²) in [5.74, 6) is -3.54. The quantitative estimate of drug-likeness (QED) is 0.399. The first-order valence-corrected chi connectivity index (χ1v) is 15.0. The number of halogens is 5. The van der Waals surface area contributed by atoms with E-state index in [1.165, 1.54) is 4.31 Å². The molecule has 3 aliphatic rings. The van der Waals surface area contributed by atoms with Crippen LogP contribution in [0.25, 0.3) is 0 Å². The smallest absolute Gasteiger partial charge is 0.361 e. The zero-order valence-electron chi connectivity index (χ0n) is 21.9. The molecule has 1 saturated carbocycles. The van der Waals surface area contributed by atoms with Gasteiger partial charge in [0.25, 0.3) is 5.92 Å². The molecule has 40 heavy (non-hydrogen) atoms. The molecule has 220 valence electrons. The number of sulfonamides is 1. The maximum absolute atomic E-state index is 14.1. The Morgan fingerprint density at radius 1 is 0.975 bits per heavy atom. The van der Waals surface area contributed by atoms with Gasteiger partial charge in [-0.25, -0.2) is 22.2 Å². The molecule has 5 rings (SSSR count). The van der Waals surface area contributed by atoms with Crippen LogP contribution in [-0.4, -0.2) is 66.9 Å². The Hall–Kier alpha value is -2.58. The number of rotatable bonds is 7. The number of hydrogen-bond acceptors (Lipinski definition) is 7. The molecule has 1 aliphatic carbocycles. The van der Waals surface area contributed by atoms with E-state index in [1.54, 1.807) is 12.1 Å². The molecule has 3 heterocycles. The van der Waals surface area contributed by atoms with Crippen LogP contribution in [0.2, 0.25) is 0 Å². The van der Waals surface area contributed by atoms with Crippen molar-refractivity contribution < 1.29 is 30.4 Å². The minimum Gasteiger partial charge on any atom is -0.361 e. The van der Waals surface area contributed by atoms with Crippen LogP contribution in [0.1, 0.15) is 62.0 Å². The van der Waals surface area contributed by atoms with Gasteiger partial charge >= 0.3 is 6.18 Å². The molecule has 0 bridgehead atoms. The fourth-order valence-electron chi connectivity index (χ4n) is 5.68. The third kappa shape index (κ3) is 6.33. The van der Waals surface area contributed by atoms with Crippen molar-refractivity contribution in [2.45, 2.75) is 79.9 Å². The predicted molar refractivity (Wildman–Crippen MR) is 140 cm³/mol. The molecule has 2 aromatic rings. The van der Waals surface area contributed by atoms with Crippen LogP contribution in [0.4, 0.5) is 33.7 Å². The fraction of sp³-hybridized carbons (Fsp3) is 0.615. The van der Waals surface area contributed by atoms with Crippen molar-refractivity contribution >= 4 is 21.8 Å². The SMILES string of the molecule is O=S(=O)(c1ccc(C2CCNCC2)cc1)N1CCC(Nc2ncc(C(F)(F)F)c(NC3CCCC3(F)F)n2)CC1. The summed E-state index contributed by atoms with van der Waals surface area (Å²) >= 11 is 0. The summed E-state index contributed by atoms with van der Waals surface area (Å²) in [5, 5.41) is 8.58. The fourth-order valence-corrected chi connectivity index (χ4v) is 7.15. The molecule has 2 aliphatic heterocycles. The lowest BCUT2D eigenvalue weighted by atomic mass is 9.90. The lowest BCUT2D eigenvalue weighted by molar-refractivity contribution is -0.137. The van der Waals surface area contributed by atoms with Crippen molar-refractivity contribution in [3.8, 4) is 0 Å². The van der Waals surface area contributed by atoms with Crippen molar-refractivity contribution in [2.24, 2.45) is 0 Å². The number of nitrogens with zero attached hydrogens (tertiary/aromatic N) is 3. The molecule has 0 spiro atoms. The number of piperidine rings is 2. The zero-order valence-corrected chi connectivity index (χ0v) is 22.7. The van der Waals surface area contributed by atoms with E-state index < -0.39 is 46.0 Å². The number of anilines is 2. The van der Waals surface area contributed by atoms with Gasteiger partial charge in [0.2, 0.25) is 16.0 Å². The van der Waals surface area contributed by atoms with Gasteiger partial charge in [-0.2, -0.15) is 22.5 Å². The summed E-state index contributed by atoms with van der Waals surface area (Å²) in [6.07, 6.45) is -1.62. The van der Waals surface area contributed by atoms with E-state index in [2.05, 4.69) is 25.9 Å². The van der Waals surface area contributed by atoms with Crippen molar-refractivity contribution in [3.05, 3.63) is 41.6 Å². The van der Waals surface area contributed by atoms with E-state index in [4.69, 9.17) is 0 Å². The molecule has 8 nitrogen and oxygen atoms in total. The second-order valence-electron chi connectivity index (χ2n) is 10.7. The van der Waals surface area contributed by atoms with Crippen molar-refractivity contribution in [3.63, 3.8) is 0 Å². The largest absolute Gasteiger partial charge is 0.421 e. The minimum absolute atomic E-state index is 0.0325. The van der Waals surface area contributed by atoms with Gasteiger partial charge in [-0.3, -0.25) is 0 Å². The van der Waals surface area contributed by atoms with Gasteiger partial charge in [0.1, 0.15) is 11.4 Å². The average Bonchev–Trinajstić information content (AvgIpc) is 3.26. The van der Waals surface area contributed by atoms with E-state index in [9.17, 15) is 30.4 Å². The predicted octanol–water partition coefficient (Wildman–Crippen LogP) is 4.83. The van der Waals surface area contributed by atoms with Crippen LogP contribution >= 0.6 is 0 Å². The zero-order chi connectivity index (χ0) is 28.5. The Labute approximate surface area is 230 Å². The average molecular weight is 589 g/mol. The Kier molecular flexibility index (Phi) is 8.22. The first-order valence-electron chi connectivity index (χ1n) is 13.6. The molecule has 1 unspecified atom stereocenters. The van der Waals surface area contributed by atoms with Gasteiger partial charge in [-0.15, -0.1) is 0 Å². The molecule has 0 amide bonds. The van der Waals surface area contributed by atoms with Crippen molar-refractivity contribution in [2.75, 3.05) is 36.8 Å². The van der Waals surface area contributed by atoms with Crippen LogP contribution < -0.4 is 16.0 Å².